The Morgan fingerprint density at radius 2 is 2.00 bits per heavy atom. The first-order valence-electron chi connectivity index (χ1n) is 7.03. The average molecular weight is 361 g/mol. The number of aromatic nitrogens is 1. The number of oxazole rings is 1. The molecule has 22 heavy (non-hydrogen) atoms. The second-order valence-electron chi connectivity index (χ2n) is 5.48. The molecule has 0 aliphatic rings. The summed E-state index contributed by atoms with van der Waals surface area (Å²) in [6.07, 6.45) is 0. The van der Waals surface area contributed by atoms with Crippen LogP contribution in [0.2, 0.25) is 0 Å². The minimum atomic E-state index is 0.454. The second kappa shape index (κ2) is 5.65. The van der Waals surface area contributed by atoms with Crippen LogP contribution >= 0.6 is 15.9 Å². The van der Waals surface area contributed by atoms with Crippen molar-refractivity contribution < 1.29 is 9.15 Å². The monoisotopic (exact) mass is 360 g/mol. The molecule has 0 saturated carbocycles. The van der Waals surface area contributed by atoms with Crippen molar-refractivity contribution in [3.05, 3.63) is 40.4 Å². The van der Waals surface area contributed by atoms with E-state index < -0.39 is 0 Å². The molecule has 0 radical (unpaired) electrons. The van der Waals surface area contributed by atoms with E-state index in [1.165, 1.54) is 5.56 Å². The second-order valence-corrected chi connectivity index (χ2v) is 6.34. The van der Waals surface area contributed by atoms with Crippen LogP contribution in [0.1, 0.15) is 25.3 Å². The zero-order valence-electron chi connectivity index (χ0n) is 12.7. The Bertz CT molecular complexity index is 817. The first-order chi connectivity index (χ1) is 10.5. The van der Waals surface area contributed by atoms with Crippen LogP contribution < -0.4 is 10.5 Å². The molecule has 2 aromatic carbocycles. The van der Waals surface area contributed by atoms with Crippen molar-refractivity contribution in [2.75, 3.05) is 12.8 Å². The minimum absolute atomic E-state index is 0.454. The Morgan fingerprint density at radius 3 is 2.64 bits per heavy atom. The maximum Gasteiger partial charge on any atom is 0.227 e. The van der Waals surface area contributed by atoms with Crippen molar-refractivity contribution in [3.8, 4) is 17.2 Å². The average Bonchev–Trinajstić information content (AvgIpc) is 2.89. The third-order valence-corrected chi connectivity index (χ3v) is 4.19. The number of anilines is 1. The van der Waals surface area contributed by atoms with Gasteiger partial charge in [-0.05, 0) is 51.7 Å². The highest BCUT2D eigenvalue weighted by Crippen LogP contribution is 2.37. The van der Waals surface area contributed by atoms with Crippen LogP contribution in [0.25, 0.3) is 22.6 Å². The lowest BCUT2D eigenvalue weighted by Crippen LogP contribution is -1.94. The lowest BCUT2D eigenvalue weighted by atomic mass is 10.0. The Labute approximate surface area is 137 Å². The molecule has 0 aliphatic carbocycles. The number of nitrogens with zero attached hydrogens (tertiary/aromatic N) is 1. The van der Waals surface area contributed by atoms with Gasteiger partial charge in [0.1, 0.15) is 5.52 Å². The zero-order valence-corrected chi connectivity index (χ0v) is 14.3. The number of methoxy groups -OCH3 is 1. The van der Waals surface area contributed by atoms with Crippen molar-refractivity contribution >= 4 is 32.7 Å². The van der Waals surface area contributed by atoms with Crippen molar-refractivity contribution in [2.45, 2.75) is 19.8 Å². The molecular formula is C17H17BrN2O2. The number of benzene rings is 2. The molecular weight excluding hydrogens is 344 g/mol. The molecule has 5 heteroatoms. The minimum Gasteiger partial charge on any atom is -0.493 e. The van der Waals surface area contributed by atoms with Crippen LogP contribution in [0.5, 0.6) is 5.75 Å². The normalized spacial score (nSPS) is 11.3. The fourth-order valence-corrected chi connectivity index (χ4v) is 3.02. The first kappa shape index (κ1) is 14.9. The third-order valence-electron chi connectivity index (χ3n) is 3.60. The van der Waals surface area contributed by atoms with E-state index in [0.29, 0.717) is 23.2 Å². The van der Waals surface area contributed by atoms with Gasteiger partial charge >= 0.3 is 0 Å². The van der Waals surface area contributed by atoms with Crippen LogP contribution in [-0.2, 0) is 0 Å². The van der Waals surface area contributed by atoms with E-state index in [-0.39, 0.29) is 0 Å². The number of fused-ring (bicyclic) bond motifs is 1. The summed E-state index contributed by atoms with van der Waals surface area (Å²) >= 11 is 3.46. The van der Waals surface area contributed by atoms with Gasteiger partial charge in [-0.25, -0.2) is 4.98 Å². The molecule has 0 bridgehead atoms. The summed E-state index contributed by atoms with van der Waals surface area (Å²) < 4.78 is 11.9. The molecule has 1 aromatic heterocycles. The maximum absolute atomic E-state index is 6.00. The smallest absolute Gasteiger partial charge is 0.227 e. The van der Waals surface area contributed by atoms with Gasteiger partial charge in [0.25, 0.3) is 0 Å². The van der Waals surface area contributed by atoms with E-state index in [1.54, 1.807) is 13.2 Å². The quantitative estimate of drug-likeness (QED) is 0.669. The lowest BCUT2D eigenvalue weighted by Gasteiger charge is -2.08. The number of hydrogen-bond acceptors (Lipinski definition) is 4. The summed E-state index contributed by atoms with van der Waals surface area (Å²) in [4.78, 5) is 4.58. The van der Waals surface area contributed by atoms with Gasteiger partial charge in [-0.1, -0.05) is 19.9 Å². The maximum atomic E-state index is 6.00. The number of hydrogen-bond donors (Lipinski definition) is 1. The van der Waals surface area contributed by atoms with Crippen molar-refractivity contribution in [1.82, 2.24) is 4.98 Å². The van der Waals surface area contributed by atoms with E-state index in [2.05, 4.69) is 46.9 Å². The number of halogens is 1. The van der Waals surface area contributed by atoms with E-state index in [1.807, 2.05) is 12.1 Å². The standard InChI is InChI=1S/C17H17BrN2O2/c1-9(2)10-4-5-15-14(8-10)20-17(22-15)11-6-12(18)16(21-3)13(19)7-11/h4-9H,19H2,1-3H3. The molecule has 1 heterocycles. The van der Waals surface area contributed by atoms with Gasteiger partial charge < -0.3 is 14.9 Å². The summed E-state index contributed by atoms with van der Waals surface area (Å²) in [5, 5.41) is 0. The third kappa shape index (κ3) is 2.57. The molecule has 0 saturated heterocycles. The van der Waals surface area contributed by atoms with Crippen LogP contribution in [0.15, 0.2) is 39.2 Å². The zero-order chi connectivity index (χ0) is 15.9. The predicted octanol–water partition coefficient (Wildman–Crippen LogP) is 4.97. The van der Waals surface area contributed by atoms with Gasteiger partial charge in [0, 0.05) is 5.56 Å². The number of nitrogen functional groups attached to an aromatic ring is 1. The van der Waals surface area contributed by atoms with Crippen LogP contribution in [0.4, 0.5) is 5.69 Å². The molecule has 0 spiro atoms. The summed E-state index contributed by atoms with van der Waals surface area (Å²) in [5.41, 5.74) is 10.2. The van der Waals surface area contributed by atoms with E-state index >= 15 is 0 Å². The Balaban J connectivity index is 2.10. The highest BCUT2D eigenvalue weighted by Gasteiger charge is 2.14. The van der Waals surface area contributed by atoms with Gasteiger partial charge in [0.15, 0.2) is 11.3 Å². The van der Waals surface area contributed by atoms with Crippen molar-refractivity contribution in [1.29, 1.82) is 0 Å². The Morgan fingerprint density at radius 1 is 1.23 bits per heavy atom. The molecule has 114 valence electrons. The number of rotatable bonds is 3. The highest BCUT2D eigenvalue weighted by molar-refractivity contribution is 9.10. The first-order valence-corrected chi connectivity index (χ1v) is 7.82. The molecule has 0 atom stereocenters. The number of nitrogens with two attached hydrogens (primary N) is 1. The number of ether oxygens (including phenoxy) is 1. The van der Waals surface area contributed by atoms with Crippen LogP contribution in [0.3, 0.4) is 0 Å². The van der Waals surface area contributed by atoms with Crippen LogP contribution in [0, 0.1) is 0 Å². The summed E-state index contributed by atoms with van der Waals surface area (Å²) in [6, 6.07) is 9.79. The lowest BCUT2D eigenvalue weighted by molar-refractivity contribution is 0.414. The Hall–Kier alpha value is -2.01. The van der Waals surface area contributed by atoms with Crippen LogP contribution in [-0.4, -0.2) is 12.1 Å². The van der Waals surface area contributed by atoms with Gasteiger partial charge in [-0.2, -0.15) is 0 Å². The molecule has 0 unspecified atom stereocenters. The van der Waals surface area contributed by atoms with Gasteiger partial charge in [0.2, 0.25) is 5.89 Å². The fourth-order valence-electron chi connectivity index (χ4n) is 2.38. The SMILES string of the molecule is COc1c(N)cc(-c2nc3cc(C(C)C)ccc3o2)cc1Br. The molecule has 0 amide bonds. The van der Waals surface area contributed by atoms with Gasteiger partial charge in [-0.3, -0.25) is 0 Å². The van der Waals surface area contributed by atoms with E-state index in [4.69, 9.17) is 14.9 Å². The molecule has 3 rings (SSSR count). The molecule has 4 nitrogen and oxygen atoms in total. The molecule has 0 fully saturated rings. The molecule has 0 aliphatic heterocycles. The Kier molecular flexibility index (Phi) is 3.83. The summed E-state index contributed by atoms with van der Waals surface area (Å²) in [5.74, 6) is 1.61. The summed E-state index contributed by atoms with van der Waals surface area (Å²) in [6.45, 7) is 4.31. The van der Waals surface area contributed by atoms with E-state index in [0.717, 1.165) is 21.1 Å². The van der Waals surface area contributed by atoms with Crippen molar-refractivity contribution in [3.63, 3.8) is 0 Å². The summed E-state index contributed by atoms with van der Waals surface area (Å²) in [7, 11) is 1.59. The molecule has 3 aromatic rings. The molecule has 2 N–H and O–H groups in total. The van der Waals surface area contributed by atoms with Gasteiger partial charge in [0.05, 0.1) is 17.3 Å². The highest BCUT2D eigenvalue weighted by atomic mass is 79.9. The topological polar surface area (TPSA) is 61.3 Å². The predicted molar refractivity (Wildman–Crippen MR) is 92.2 cm³/mol. The fraction of sp³-hybridized carbons (Fsp3) is 0.235. The van der Waals surface area contributed by atoms with Gasteiger partial charge in [-0.15, -0.1) is 0 Å². The van der Waals surface area contributed by atoms with E-state index in [9.17, 15) is 0 Å². The van der Waals surface area contributed by atoms with Crippen molar-refractivity contribution in [2.24, 2.45) is 0 Å². The largest absolute Gasteiger partial charge is 0.493 e.